The van der Waals surface area contributed by atoms with Gasteiger partial charge in [0, 0.05) is 6.61 Å². The summed E-state index contributed by atoms with van der Waals surface area (Å²) in [5.74, 6) is -1.34. The summed E-state index contributed by atoms with van der Waals surface area (Å²) >= 11 is 0. The minimum atomic E-state index is -1.19. The van der Waals surface area contributed by atoms with Crippen LogP contribution in [0.2, 0.25) is 0 Å². The molecule has 1 aromatic carbocycles. The van der Waals surface area contributed by atoms with Crippen LogP contribution in [0.5, 0.6) is 0 Å². The van der Waals surface area contributed by atoms with Crippen LogP contribution in [0.3, 0.4) is 0 Å². The Morgan fingerprint density at radius 2 is 1.84 bits per heavy atom. The van der Waals surface area contributed by atoms with E-state index in [0.717, 1.165) is 5.56 Å². The number of aromatic nitrogens is 2. The van der Waals surface area contributed by atoms with Crippen molar-refractivity contribution in [3.8, 4) is 0 Å². The molecule has 2 rings (SSSR count). The zero-order valence-electron chi connectivity index (χ0n) is 14.5. The van der Waals surface area contributed by atoms with E-state index in [1.807, 2.05) is 37.3 Å². The van der Waals surface area contributed by atoms with E-state index in [2.05, 4.69) is 0 Å². The molecule has 0 radical (unpaired) electrons. The van der Waals surface area contributed by atoms with Gasteiger partial charge >= 0.3 is 11.9 Å². The van der Waals surface area contributed by atoms with E-state index < -0.39 is 18.0 Å². The molecule has 0 aliphatic carbocycles. The summed E-state index contributed by atoms with van der Waals surface area (Å²) in [5.41, 5.74) is 0.845. The van der Waals surface area contributed by atoms with E-state index in [4.69, 9.17) is 14.2 Å². The third kappa shape index (κ3) is 5.72. The lowest BCUT2D eigenvalue weighted by Crippen LogP contribution is -2.33. The molecule has 0 amide bonds. The normalized spacial score (nSPS) is 11.8. The Morgan fingerprint density at radius 1 is 1.12 bits per heavy atom. The van der Waals surface area contributed by atoms with E-state index in [1.165, 1.54) is 4.57 Å². The van der Waals surface area contributed by atoms with Crippen molar-refractivity contribution in [3.05, 3.63) is 54.6 Å². The van der Waals surface area contributed by atoms with Crippen LogP contribution in [0.1, 0.15) is 18.5 Å². The molecular formula is C18H23N2O5+. The monoisotopic (exact) mass is 347 g/mol. The second-order valence-corrected chi connectivity index (χ2v) is 5.39. The highest BCUT2D eigenvalue weighted by atomic mass is 16.6. The number of rotatable bonds is 9. The lowest BCUT2D eigenvalue weighted by molar-refractivity contribution is -0.671. The van der Waals surface area contributed by atoms with Crippen LogP contribution < -0.4 is 4.57 Å². The number of carbonyl (C=O) groups is 2. The number of carbonyl (C=O) groups excluding carboxylic acids is 2. The summed E-state index contributed by atoms with van der Waals surface area (Å²) in [7, 11) is 1.79. The average molecular weight is 347 g/mol. The number of esters is 2. The number of aryl methyl sites for hydroxylation is 1. The summed E-state index contributed by atoms with van der Waals surface area (Å²) in [6, 6.07) is 8.09. The SMILES string of the molecule is CCOCCOC(=O)[C@@H](C(=O)OCc1ccccc1)n1cc[n+](C)c1. The molecule has 0 fully saturated rings. The molecule has 1 atom stereocenters. The van der Waals surface area contributed by atoms with Crippen molar-refractivity contribution in [2.24, 2.45) is 7.05 Å². The van der Waals surface area contributed by atoms with Crippen molar-refractivity contribution < 1.29 is 28.4 Å². The van der Waals surface area contributed by atoms with Crippen molar-refractivity contribution in [3.63, 3.8) is 0 Å². The number of imidazole rings is 1. The van der Waals surface area contributed by atoms with Gasteiger partial charge in [-0.05, 0) is 12.5 Å². The third-order valence-corrected chi connectivity index (χ3v) is 3.43. The summed E-state index contributed by atoms with van der Waals surface area (Å²) in [6.07, 6.45) is 4.97. The molecule has 7 heteroatoms. The standard InChI is InChI=1S/C18H23N2O5/c1-3-23-11-12-24-17(21)16(20-10-9-19(2)14-20)18(22)25-13-15-7-5-4-6-8-15/h4-10,14,16H,3,11-13H2,1-2H3/q+1/t16-/m0/s1. The highest BCUT2D eigenvalue weighted by molar-refractivity contribution is 5.97. The van der Waals surface area contributed by atoms with Gasteiger partial charge in [0.2, 0.25) is 6.33 Å². The first-order chi connectivity index (χ1) is 12.1. The van der Waals surface area contributed by atoms with Gasteiger partial charge in [0.05, 0.1) is 13.7 Å². The smallest absolute Gasteiger partial charge is 0.364 e. The molecule has 0 unspecified atom stereocenters. The molecule has 0 aliphatic rings. The minimum Gasteiger partial charge on any atom is -0.460 e. The quantitative estimate of drug-likeness (QED) is 0.295. The average Bonchev–Trinajstić information content (AvgIpc) is 3.04. The number of nitrogens with zero attached hydrogens (tertiary/aromatic N) is 2. The van der Waals surface area contributed by atoms with Crippen LogP contribution in [0.15, 0.2) is 49.1 Å². The molecule has 2 aromatic rings. The van der Waals surface area contributed by atoms with Gasteiger partial charge in [-0.25, -0.2) is 18.7 Å². The van der Waals surface area contributed by atoms with Crippen molar-refractivity contribution in [1.29, 1.82) is 0 Å². The summed E-state index contributed by atoms with van der Waals surface area (Å²) in [6.45, 7) is 2.85. The molecule has 7 nitrogen and oxygen atoms in total. The summed E-state index contributed by atoms with van der Waals surface area (Å²) in [5, 5.41) is 0. The van der Waals surface area contributed by atoms with Crippen LogP contribution >= 0.6 is 0 Å². The van der Waals surface area contributed by atoms with Crippen LogP contribution in [0, 0.1) is 0 Å². The molecule has 134 valence electrons. The molecule has 1 heterocycles. The highest BCUT2D eigenvalue weighted by Gasteiger charge is 2.36. The van der Waals surface area contributed by atoms with Gasteiger partial charge in [-0.15, -0.1) is 0 Å². The summed E-state index contributed by atoms with van der Waals surface area (Å²) in [4.78, 5) is 24.8. The number of ether oxygens (including phenoxy) is 3. The lowest BCUT2D eigenvalue weighted by Gasteiger charge is -2.13. The minimum absolute atomic E-state index is 0.0858. The van der Waals surface area contributed by atoms with E-state index in [-0.39, 0.29) is 19.8 Å². The van der Waals surface area contributed by atoms with Crippen molar-refractivity contribution in [2.45, 2.75) is 19.6 Å². The molecule has 0 aliphatic heterocycles. The van der Waals surface area contributed by atoms with Crippen molar-refractivity contribution in [1.82, 2.24) is 4.57 Å². The van der Waals surface area contributed by atoms with Gasteiger partial charge in [0.15, 0.2) is 0 Å². The number of benzene rings is 1. The molecule has 0 saturated carbocycles. The van der Waals surface area contributed by atoms with E-state index in [0.29, 0.717) is 6.61 Å². The molecule has 0 bridgehead atoms. The molecule has 0 N–H and O–H groups in total. The van der Waals surface area contributed by atoms with E-state index in [1.54, 1.807) is 30.3 Å². The fraction of sp³-hybridized carbons (Fsp3) is 0.389. The van der Waals surface area contributed by atoms with E-state index in [9.17, 15) is 9.59 Å². The maximum atomic E-state index is 12.5. The van der Waals surface area contributed by atoms with Crippen LogP contribution in [0.25, 0.3) is 0 Å². The third-order valence-electron chi connectivity index (χ3n) is 3.43. The maximum Gasteiger partial charge on any atom is 0.364 e. The van der Waals surface area contributed by atoms with Gasteiger partial charge in [0.1, 0.15) is 25.6 Å². The fourth-order valence-corrected chi connectivity index (χ4v) is 2.19. The first kappa shape index (κ1) is 18.7. The van der Waals surface area contributed by atoms with Gasteiger partial charge in [-0.2, -0.15) is 0 Å². The number of hydrogen-bond acceptors (Lipinski definition) is 5. The Hall–Kier alpha value is -2.67. The van der Waals surface area contributed by atoms with Gasteiger partial charge < -0.3 is 14.2 Å². The number of hydrogen-bond donors (Lipinski definition) is 0. The molecule has 0 spiro atoms. The Balaban J connectivity index is 2.03. The Labute approximate surface area is 146 Å². The Kier molecular flexibility index (Phi) is 7.16. The van der Waals surface area contributed by atoms with Crippen LogP contribution in [-0.2, 0) is 37.5 Å². The first-order valence-electron chi connectivity index (χ1n) is 8.09. The Bertz CT molecular complexity index is 684. The molecule has 0 saturated heterocycles. The van der Waals surface area contributed by atoms with Gasteiger partial charge in [-0.3, -0.25) is 0 Å². The topological polar surface area (TPSA) is 70.6 Å². The van der Waals surface area contributed by atoms with Crippen LogP contribution in [-0.4, -0.2) is 36.3 Å². The zero-order valence-corrected chi connectivity index (χ0v) is 14.5. The second-order valence-electron chi connectivity index (χ2n) is 5.39. The lowest BCUT2D eigenvalue weighted by atomic mass is 10.2. The van der Waals surface area contributed by atoms with Crippen molar-refractivity contribution >= 4 is 11.9 Å². The first-order valence-corrected chi connectivity index (χ1v) is 8.09. The second kappa shape index (κ2) is 9.58. The largest absolute Gasteiger partial charge is 0.460 e. The predicted molar refractivity (Wildman–Crippen MR) is 88.3 cm³/mol. The fourth-order valence-electron chi connectivity index (χ4n) is 2.19. The maximum absolute atomic E-state index is 12.5. The molecular weight excluding hydrogens is 324 g/mol. The Morgan fingerprint density at radius 3 is 2.48 bits per heavy atom. The van der Waals surface area contributed by atoms with Gasteiger partial charge in [-0.1, -0.05) is 30.3 Å². The molecule has 1 aromatic heterocycles. The predicted octanol–water partition coefficient (Wildman–Crippen LogP) is 1.18. The summed E-state index contributed by atoms with van der Waals surface area (Å²) < 4.78 is 18.8. The zero-order chi connectivity index (χ0) is 18.1. The van der Waals surface area contributed by atoms with E-state index >= 15 is 0 Å². The van der Waals surface area contributed by atoms with Crippen molar-refractivity contribution in [2.75, 3.05) is 19.8 Å². The van der Waals surface area contributed by atoms with Crippen LogP contribution in [0.4, 0.5) is 0 Å². The van der Waals surface area contributed by atoms with Gasteiger partial charge in [0.25, 0.3) is 6.04 Å². The molecule has 25 heavy (non-hydrogen) atoms. The highest BCUT2D eigenvalue weighted by Crippen LogP contribution is 2.12.